The Morgan fingerprint density at radius 1 is 0.875 bits per heavy atom. The van der Waals surface area contributed by atoms with Gasteiger partial charge in [0.2, 0.25) is 10.0 Å². The van der Waals surface area contributed by atoms with Crippen LogP contribution in [0.4, 0.5) is 27.5 Å². The standard InChI is InChI=1S/C23H28N4O4S/c1-32(30,31)25-13-11-23(17-25)10-12-24(16-23)18-6-8-19(9-7-18)26-14-15-27(22(28)29)21-5-3-2-4-20(21)26/h2-9H,10-17H2,1H3,(H,28,29). The van der Waals surface area contributed by atoms with Gasteiger partial charge in [0.25, 0.3) is 0 Å². The number of carbonyl (C=O) groups is 1. The first-order chi connectivity index (χ1) is 15.3. The van der Waals surface area contributed by atoms with Crippen LogP contribution < -0.4 is 14.7 Å². The quantitative estimate of drug-likeness (QED) is 0.764. The zero-order valence-electron chi connectivity index (χ0n) is 18.1. The van der Waals surface area contributed by atoms with Gasteiger partial charge in [-0.25, -0.2) is 17.5 Å². The van der Waals surface area contributed by atoms with Crippen LogP contribution in [-0.4, -0.2) is 69.4 Å². The van der Waals surface area contributed by atoms with Crippen LogP contribution in [0.3, 0.4) is 0 Å². The van der Waals surface area contributed by atoms with Crippen molar-refractivity contribution >= 4 is 38.9 Å². The molecule has 1 N–H and O–H groups in total. The maximum Gasteiger partial charge on any atom is 0.411 e. The van der Waals surface area contributed by atoms with Gasteiger partial charge in [-0.15, -0.1) is 0 Å². The third kappa shape index (κ3) is 3.69. The normalized spacial score (nSPS) is 23.7. The Kier molecular flexibility index (Phi) is 5.05. The number of sulfonamides is 1. The SMILES string of the molecule is CS(=O)(=O)N1CCC2(CCN(c3ccc(N4CCN(C(=O)O)c5ccccc54)cc3)C2)C1. The van der Waals surface area contributed by atoms with Crippen LogP contribution in [-0.2, 0) is 10.0 Å². The van der Waals surface area contributed by atoms with Crippen molar-refractivity contribution in [2.24, 2.45) is 5.41 Å². The zero-order valence-corrected chi connectivity index (χ0v) is 19.0. The molecule has 0 aromatic heterocycles. The van der Waals surface area contributed by atoms with E-state index < -0.39 is 16.1 Å². The molecule has 9 heteroatoms. The number of hydrogen-bond donors (Lipinski definition) is 1. The van der Waals surface area contributed by atoms with Crippen molar-refractivity contribution in [3.63, 3.8) is 0 Å². The maximum atomic E-state index is 11.9. The van der Waals surface area contributed by atoms with E-state index in [-0.39, 0.29) is 5.41 Å². The summed E-state index contributed by atoms with van der Waals surface area (Å²) in [6.45, 7) is 4.05. The van der Waals surface area contributed by atoms with Crippen LogP contribution in [0.5, 0.6) is 0 Å². The molecule has 1 spiro atoms. The summed E-state index contributed by atoms with van der Waals surface area (Å²) in [4.78, 5) is 17.5. The molecule has 1 atom stereocenters. The van der Waals surface area contributed by atoms with Crippen molar-refractivity contribution in [3.8, 4) is 0 Å². The lowest BCUT2D eigenvalue weighted by atomic mass is 9.86. The van der Waals surface area contributed by atoms with Gasteiger partial charge in [0, 0.05) is 56.1 Å². The van der Waals surface area contributed by atoms with Gasteiger partial charge in [-0.1, -0.05) is 12.1 Å². The topological polar surface area (TPSA) is 84.4 Å². The van der Waals surface area contributed by atoms with Crippen LogP contribution in [0.2, 0.25) is 0 Å². The monoisotopic (exact) mass is 456 g/mol. The third-order valence-electron chi connectivity index (χ3n) is 7.08. The number of para-hydroxylation sites is 2. The Morgan fingerprint density at radius 2 is 1.53 bits per heavy atom. The molecule has 1 unspecified atom stereocenters. The Morgan fingerprint density at radius 3 is 2.19 bits per heavy atom. The highest BCUT2D eigenvalue weighted by Gasteiger charge is 2.45. The molecule has 2 aromatic rings. The number of hydrogen-bond acceptors (Lipinski definition) is 5. The minimum Gasteiger partial charge on any atom is -0.465 e. The molecule has 2 saturated heterocycles. The second-order valence-corrected chi connectivity index (χ2v) is 11.1. The van der Waals surface area contributed by atoms with Crippen molar-refractivity contribution in [1.29, 1.82) is 0 Å². The highest BCUT2D eigenvalue weighted by molar-refractivity contribution is 7.88. The van der Waals surface area contributed by atoms with Gasteiger partial charge < -0.3 is 14.9 Å². The average Bonchev–Trinajstić information content (AvgIpc) is 3.40. The molecule has 32 heavy (non-hydrogen) atoms. The first kappa shape index (κ1) is 21.1. The highest BCUT2D eigenvalue weighted by Crippen LogP contribution is 2.43. The lowest BCUT2D eigenvalue weighted by Crippen LogP contribution is -2.41. The molecule has 2 fully saturated rings. The summed E-state index contributed by atoms with van der Waals surface area (Å²) in [7, 11) is -3.13. The molecule has 5 rings (SSSR count). The summed E-state index contributed by atoms with van der Waals surface area (Å²) in [5.41, 5.74) is 3.81. The summed E-state index contributed by atoms with van der Waals surface area (Å²) in [5, 5.41) is 9.51. The number of fused-ring (bicyclic) bond motifs is 1. The third-order valence-corrected chi connectivity index (χ3v) is 8.33. The fourth-order valence-corrected chi connectivity index (χ4v) is 6.27. The summed E-state index contributed by atoms with van der Waals surface area (Å²) >= 11 is 0. The first-order valence-corrected chi connectivity index (χ1v) is 12.8. The highest BCUT2D eigenvalue weighted by atomic mass is 32.2. The van der Waals surface area contributed by atoms with E-state index in [1.165, 1.54) is 11.2 Å². The molecular formula is C23H28N4O4S. The lowest BCUT2D eigenvalue weighted by molar-refractivity contribution is 0.201. The fraction of sp³-hybridized carbons (Fsp3) is 0.435. The van der Waals surface area contributed by atoms with Gasteiger partial charge in [-0.3, -0.25) is 4.90 Å². The Bertz CT molecular complexity index is 1140. The van der Waals surface area contributed by atoms with Crippen LogP contribution in [0.1, 0.15) is 12.8 Å². The largest absolute Gasteiger partial charge is 0.465 e. The van der Waals surface area contributed by atoms with E-state index in [0.717, 1.165) is 43.0 Å². The number of nitrogens with zero attached hydrogens (tertiary/aromatic N) is 4. The van der Waals surface area contributed by atoms with E-state index in [1.54, 1.807) is 4.31 Å². The lowest BCUT2D eigenvalue weighted by Gasteiger charge is -2.36. The van der Waals surface area contributed by atoms with Gasteiger partial charge in [-0.2, -0.15) is 0 Å². The number of anilines is 4. The van der Waals surface area contributed by atoms with Crippen LogP contribution in [0.25, 0.3) is 0 Å². The minimum atomic E-state index is -3.13. The predicted octanol–water partition coefficient (Wildman–Crippen LogP) is 3.18. The molecule has 170 valence electrons. The molecule has 0 radical (unpaired) electrons. The van der Waals surface area contributed by atoms with Crippen LogP contribution >= 0.6 is 0 Å². The Hall–Kier alpha value is -2.78. The van der Waals surface area contributed by atoms with Crippen molar-refractivity contribution in [1.82, 2.24) is 4.31 Å². The molecule has 8 nitrogen and oxygen atoms in total. The van der Waals surface area contributed by atoms with E-state index in [1.807, 2.05) is 24.3 Å². The van der Waals surface area contributed by atoms with Gasteiger partial charge in [0.1, 0.15) is 0 Å². The number of benzene rings is 2. The summed E-state index contributed by atoms with van der Waals surface area (Å²) in [6.07, 6.45) is 2.29. The van der Waals surface area contributed by atoms with Crippen molar-refractivity contribution in [2.75, 3.05) is 60.2 Å². The number of carboxylic acid groups (broad SMARTS) is 1. The van der Waals surface area contributed by atoms with E-state index in [9.17, 15) is 18.3 Å². The smallest absolute Gasteiger partial charge is 0.411 e. The molecule has 3 aliphatic heterocycles. The second-order valence-electron chi connectivity index (χ2n) is 9.11. The fourth-order valence-electron chi connectivity index (χ4n) is 5.34. The van der Waals surface area contributed by atoms with Gasteiger partial charge in [0.05, 0.1) is 17.6 Å². The van der Waals surface area contributed by atoms with Crippen LogP contribution in [0.15, 0.2) is 48.5 Å². The molecule has 3 heterocycles. The molecule has 2 aromatic carbocycles. The zero-order chi connectivity index (χ0) is 22.5. The van der Waals surface area contributed by atoms with Gasteiger partial charge >= 0.3 is 6.09 Å². The number of amides is 1. The molecule has 1 amide bonds. The van der Waals surface area contributed by atoms with Gasteiger partial charge in [-0.05, 0) is 49.2 Å². The molecule has 0 saturated carbocycles. The maximum absolute atomic E-state index is 11.9. The predicted molar refractivity (Wildman–Crippen MR) is 126 cm³/mol. The molecule has 0 bridgehead atoms. The van der Waals surface area contributed by atoms with Crippen LogP contribution in [0, 0.1) is 5.41 Å². The summed E-state index contributed by atoms with van der Waals surface area (Å²) in [5.74, 6) is 0. The molecular weight excluding hydrogens is 428 g/mol. The summed E-state index contributed by atoms with van der Waals surface area (Å²) < 4.78 is 25.5. The summed E-state index contributed by atoms with van der Waals surface area (Å²) in [6, 6.07) is 16.0. The van der Waals surface area contributed by atoms with E-state index in [2.05, 4.69) is 34.1 Å². The second kappa shape index (κ2) is 7.67. The minimum absolute atomic E-state index is 0.0495. The Balaban J connectivity index is 1.33. The molecule has 0 aliphatic carbocycles. The van der Waals surface area contributed by atoms with E-state index in [4.69, 9.17) is 0 Å². The van der Waals surface area contributed by atoms with Gasteiger partial charge in [0.15, 0.2) is 0 Å². The average molecular weight is 457 g/mol. The van der Waals surface area contributed by atoms with Crippen molar-refractivity contribution in [3.05, 3.63) is 48.5 Å². The Labute approximate surface area is 188 Å². The van der Waals surface area contributed by atoms with Crippen molar-refractivity contribution < 1.29 is 18.3 Å². The first-order valence-electron chi connectivity index (χ1n) is 10.9. The van der Waals surface area contributed by atoms with Crippen molar-refractivity contribution in [2.45, 2.75) is 12.8 Å². The molecule has 3 aliphatic rings. The van der Waals surface area contributed by atoms with E-state index >= 15 is 0 Å². The number of rotatable bonds is 3. The van der Waals surface area contributed by atoms with E-state index in [0.29, 0.717) is 31.9 Å².